The Hall–Kier alpha value is -0.570. The molecule has 0 aliphatic carbocycles. The zero-order valence-corrected chi connectivity index (χ0v) is 13.6. The van der Waals surface area contributed by atoms with Crippen molar-refractivity contribution >= 4 is 25.8 Å². The molecule has 1 unspecified atom stereocenters. The third kappa shape index (κ3) is 3.75. The molecule has 1 aromatic heterocycles. The molecule has 1 aliphatic heterocycles. The molecule has 2 heterocycles. The highest BCUT2D eigenvalue weighted by atomic mass is 79.9. The predicted molar refractivity (Wildman–Crippen MR) is 81.0 cm³/mol. The summed E-state index contributed by atoms with van der Waals surface area (Å²) >= 11 is 3.20. The van der Waals surface area contributed by atoms with E-state index in [4.69, 9.17) is 5.73 Å². The first kappa shape index (κ1) is 15.8. The Kier molecular flexibility index (Phi) is 4.78. The summed E-state index contributed by atoms with van der Waals surface area (Å²) < 4.78 is 34.2. The molecule has 3 N–H and O–H groups in total. The van der Waals surface area contributed by atoms with Gasteiger partial charge >= 0.3 is 0 Å². The van der Waals surface area contributed by atoms with Gasteiger partial charge in [-0.2, -0.15) is 0 Å². The summed E-state index contributed by atoms with van der Waals surface area (Å²) in [6.45, 7) is 2.79. The van der Waals surface area contributed by atoms with Gasteiger partial charge in [-0.05, 0) is 47.8 Å². The van der Waals surface area contributed by atoms with Crippen molar-refractivity contribution in [3.05, 3.63) is 28.2 Å². The van der Waals surface area contributed by atoms with E-state index in [1.54, 1.807) is 6.92 Å². The zero-order valence-electron chi connectivity index (χ0n) is 11.2. The first-order valence-corrected chi connectivity index (χ1v) is 8.87. The van der Waals surface area contributed by atoms with Gasteiger partial charge in [-0.3, -0.25) is 0 Å². The lowest BCUT2D eigenvalue weighted by atomic mass is 10.0. The maximum atomic E-state index is 13.9. The molecule has 8 heteroatoms. The van der Waals surface area contributed by atoms with E-state index in [0.717, 1.165) is 12.8 Å². The summed E-state index contributed by atoms with van der Waals surface area (Å²) in [6.07, 6.45) is 1.82. The minimum atomic E-state index is -2.63. The summed E-state index contributed by atoms with van der Waals surface area (Å²) in [5, 5.41) is 0. The summed E-state index contributed by atoms with van der Waals surface area (Å²) in [7, 11) is -2.63. The van der Waals surface area contributed by atoms with Crippen LogP contribution in [-0.4, -0.2) is 28.0 Å². The largest absolute Gasteiger partial charge is 0.319 e. The number of halogens is 2. The van der Waals surface area contributed by atoms with Gasteiger partial charge in [0.05, 0.1) is 17.0 Å². The standard InChI is InChI=1S/C12H18BrFN4OS/c1-12(15,11-9(14)4-5-10(13)18-11)8-20(19)16-6-2-3-7-17-20/h4-5H,2-3,6-8,15H2,1H3,(H,16,17,19)/t12-/m0/s1. The van der Waals surface area contributed by atoms with E-state index < -0.39 is 21.3 Å². The molecule has 1 aliphatic rings. The molecule has 20 heavy (non-hydrogen) atoms. The van der Waals surface area contributed by atoms with Crippen molar-refractivity contribution in [1.82, 2.24) is 9.71 Å². The molecule has 2 atom stereocenters. The van der Waals surface area contributed by atoms with Gasteiger partial charge in [0.15, 0.2) is 0 Å². The molecule has 112 valence electrons. The van der Waals surface area contributed by atoms with Crippen LogP contribution in [0.4, 0.5) is 4.39 Å². The molecule has 0 fully saturated rings. The molecular formula is C12H18BrFN4OS. The number of nitrogens with zero attached hydrogens (tertiary/aromatic N) is 2. The fourth-order valence-corrected chi connectivity index (χ4v) is 4.55. The van der Waals surface area contributed by atoms with Crippen molar-refractivity contribution in [2.45, 2.75) is 25.3 Å². The Morgan fingerprint density at radius 2 is 2.30 bits per heavy atom. The van der Waals surface area contributed by atoms with Gasteiger partial charge in [-0.25, -0.2) is 22.7 Å². The highest BCUT2D eigenvalue weighted by molar-refractivity contribution is 9.10. The third-order valence-corrected chi connectivity index (χ3v) is 5.75. The average molecular weight is 365 g/mol. The smallest absolute Gasteiger partial charge is 0.146 e. The van der Waals surface area contributed by atoms with Gasteiger partial charge < -0.3 is 5.73 Å². The second-order valence-electron chi connectivity index (χ2n) is 5.12. The van der Waals surface area contributed by atoms with Crippen molar-refractivity contribution in [1.29, 1.82) is 0 Å². The monoisotopic (exact) mass is 364 g/mol. The Labute approximate surface area is 127 Å². The fraction of sp³-hybridized carbons (Fsp3) is 0.583. The lowest BCUT2D eigenvalue weighted by Crippen LogP contribution is -2.45. The molecule has 0 saturated carbocycles. The van der Waals surface area contributed by atoms with Crippen LogP contribution in [0.2, 0.25) is 0 Å². The van der Waals surface area contributed by atoms with Crippen LogP contribution in [0.25, 0.3) is 0 Å². The number of nitrogens with two attached hydrogens (primary N) is 1. The average Bonchev–Trinajstić information content (AvgIpc) is 2.56. The quantitative estimate of drug-likeness (QED) is 0.804. The van der Waals surface area contributed by atoms with Gasteiger partial charge in [0, 0.05) is 13.1 Å². The molecule has 1 aromatic rings. The van der Waals surface area contributed by atoms with Gasteiger partial charge in [-0.1, -0.05) is 0 Å². The van der Waals surface area contributed by atoms with Crippen molar-refractivity contribution in [3.63, 3.8) is 0 Å². The van der Waals surface area contributed by atoms with E-state index in [2.05, 4.69) is 30.0 Å². The van der Waals surface area contributed by atoms with Gasteiger partial charge in [0.1, 0.15) is 20.3 Å². The first-order chi connectivity index (χ1) is 9.32. The minimum absolute atomic E-state index is 0.0281. The van der Waals surface area contributed by atoms with Crippen molar-refractivity contribution in [2.75, 3.05) is 18.8 Å². The van der Waals surface area contributed by atoms with Crippen molar-refractivity contribution < 1.29 is 8.60 Å². The lowest BCUT2D eigenvalue weighted by Gasteiger charge is -2.26. The van der Waals surface area contributed by atoms with Crippen LogP contribution >= 0.6 is 15.9 Å². The summed E-state index contributed by atoms with van der Waals surface area (Å²) in [5.74, 6) is -0.477. The topological polar surface area (TPSA) is 80.4 Å². The Balaban J connectivity index is 2.33. The number of hydrogen-bond donors (Lipinski definition) is 2. The SMILES string of the molecule is C[C@](N)(CS1(=O)=NCCCCN1)c1nc(Br)ccc1F. The van der Waals surface area contributed by atoms with Crippen LogP contribution in [-0.2, 0) is 15.5 Å². The van der Waals surface area contributed by atoms with Crippen LogP contribution in [0, 0.1) is 5.82 Å². The minimum Gasteiger partial charge on any atom is -0.319 e. The maximum absolute atomic E-state index is 13.9. The van der Waals surface area contributed by atoms with Crippen LogP contribution in [0.1, 0.15) is 25.5 Å². The van der Waals surface area contributed by atoms with Gasteiger partial charge in [0.2, 0.25) is 0 Å². The van der Waals surface area contributed by atoms with E-state index in [1.807, 2.05) is 0 Å². The van der Waals surface area contributed by atoms with E-state index in [-0.39, 0.29) is 11.4 Å². The third-order valence-electron chi connectivity index (χ3n) is 3.06. The van der Waals surface area contributed by atoms with Crippen LogP contribution in [0.5, 0.6) is 0 Å². The fourth-order valence-electron chi connectivity index (χ4n) is 2.12. The molecule has 5 nitrogen and oxygen atoms in total. The molecule has 0 radical (unpaired) electrons. The number of pyridine rings is 1. The Morgan fingerprint density at radius 3 is 3.05 bits per heavy atom. The number of nitrogens with one attached hydrogen (secondary N) is 1. The summed E-state index contributed by atoms with van der Waals surface area (Å²) in [6, 6.07) is 2.80. The molecule has 0 amide bonds. The van der Waals surface area contributed by atoms with E-state index in [1.165, 1.54) is 12.1 Å². The second-order valence-corrected chi connectivity index (χ2v) is 8.05. The predicted octanol–water partition coefficient (Wildman–Crippen LogP) is 1.92. The number of hydrogen-bond acceptors (Lipinski definition) is 4. The lowest BCUT2D eigenvalue weighted by molar-refractivity contribution is 0.481. The van der Waals surface area contributed by atoms with Crippen molar-refractivity contribution in [2.24, 2.45) is 10.1 Å². The van der Waals surface area contributed by atoms with Crippen LogP contribution < -0.4 is 10.5 Å². The number of aromatic nitrogens is 1. The normalized spacial score (nSPS) is 26.4. The molecule has 2 rings (SSSR count). The summed E-state index contributed by atoms with van der Waals surface area (Å²) in [4.78, 5) is 4.09. The van der Waals surface area contributed by atoms with Crippen LogP contribution in [0.15, 0.2) is 21.1 Å². The van der Waals surface area contributed by atoms with Crippen molar-refractivity contribution in [3.8, 4) is 0 Å². The van der Waals surface area contributed by atoms with Crippen LogP contribution in [0.3, 0.4) is 0 Å². The van der Waals surface area contributed by atoms with E-state index in [0.29, 0.717) is 17.7 Å². The van der Waals surface area contributed by atoms with Gasteiger partial charge in [0.25, 0.3) is 0 Å². The van der Waals surface area contributed by atoms with Gasteiger partial charge in [-0.15, -0.1) is 0 Å². The maximum Gasteiger partial charge on any atom is 0.146 e. The number of rotatable bonds is 3. The second kappa shape index (κ2) is 6.05. The highest BCUT2D eigenvalue weighted by Crippen LogP contribution is 2.23. The zero-order chi connectivity index (χ0) is 14.8. The molecule has 0 saturated heterocycles. The van der Waals surface area contributed by atoms with E-state index >= 15 is 0 Å². The molecule has 0 aromatic carbocycles. The van der Waals surface area contributed by atoms with E-state index in [9.17, 15) is 8.60 Å². The summed E-state index contributed by atoms with van der Waals surface area (Å²) in [5.41, 5.74) is 5.10. The first-order valence-electron chi connectivity index (χ1n) is 6.39. The highest BCUT2D eigenvalue weighted by Gasteiger charge is 2.32. The Morgan fingerprint density at radius 1 is 1.55 bits per heavy atom. The molecule has 0 bridgehead atoms. The molecular weight excluding hydrogens is 347 g/mol. The molecule has 0 spiro atoms. The Bertz CT molecular complexity index is 613.